The van der Waals surface area contributed by atoms with Crippen molar-refractivity contribution in [2.24, 2.45) is 5.10 Å². The van der Waals surface area contributed by atoms with E-state index in [1.807, 2.05) is 56.3 Å². The third-order valence-electron chi connectivity index (χ3n) is 3.12. The van der Waals surface area contributed by atoms with Crippen LogP contribution in [0.15, 0.2) is 47.6 Å². The van der Waals surface area contributed by atoms with Gasteiger partial charge in [-0.15, -0.1) is 0 Å². The highest BCUT2D eigenvalue weighted by Gasteiger charge is 2.04. The summed E-state index contributed by atoms with van der Waals surface area (Å²) in [5, 5.41) is 4.97. The molecule has 0 amide bonds. The Bertz CT molecular complexity index is 659. The zero-order valence-electron chi connectivity index (χ0n) is 13.4. The Morgan fingerprint density at radius 3 is 2.61 bits per heavy atom. The number of nitrogens with one attached hydrogen (secondary N) is 1. The highest BCUT2D eigenvalue weighted by atomic mass is 35.5. The van der Waals surface area contributed by atoms with Crippen molar-refractivity contribution in [1.82, 2.24) is 5.43 Å². The molecule has 0 aromatic heterocycles. The second kappa shape index (κ2) is 9.06. The highest BCUT2D eigenvalue weighted by molar-refractivity contribution is 6.31. The molecule has 0 saturated carbocycles. The first-order valence-corrected chi connectivity index (χ1v) is 8.01. The van der Waals surface area contributed by atoms with Crippen molar-refractivity contribution < 1.29 is 9.47 Å². The topological polar surface area (TPSA) is 42.8 Å². The van der Waals surface area contributed by atoms with E-state index in [-0.39, 0.29) is 0 Å². The largest absolute Gasteiger partial charge is 0.494 e. The summed E-state index contributed by atoms with van der Waals surface area (Å²) in [6, 6.07) is 13.4. The summed E-state index contributed by atoms with van der Waals surface area (Å²) < 4.78 is 11.1. The summed E-state index contributed by atoms with van der Waals surface area (Å²) >= 11 is 6.11. The van der Waals surface area contributed by atoms with Crippen molar-refractivity contribution >= 4 is 17.8 Å². The Hall–Kier alpha value is -2.20. The average molecular weight is 333 g/mol. The predicted molar refractivity (Wildman–Crippen MR) is 94.7 cm³/mol. The van der Waals surface area contributed by atoms with Gasteiger partial charge in [-0.3, -0.25) is 0 Å². The van der Waals surface area contributed by atoms with E-state index in [4.69, 9.17) is 21.1 Å². The van der Waals surface area contributed by atoms with Gasteiger partial charge in [0.2, 0.25) is 0 Å². The molecular formula is C18H21ClN2O2. The van der Waals surface area contributed by atoms with Gasteiger partial charge in [-0.25, -0.2) is 0 Å². The molecule has 0 radical (unpaired) electrons. The van der Waals surface area contributed by atoms with Crippen molar-refractivity contribution in [1.29, 1.82) is 0 Å². The van der Waals surface area contributed by atoms with E-state index in [1.165, 1.54) is 0 Å². The highest BCUT2D eigenvalue weighted by Crippen LogP contribution is 2.24. The Morgan fingerprint density at radius 1 is 1.09 bits per heavy atom. The molecule has 2 aromatic rings. The van der Waals surface area contributed by atoms with Gasteiger partial charge in [0, 0.05) is 16.7 Å². The summed E-state index contributed by atoms with van der Waals surface area (Å²) in [5.41, 5.74) is 4.89. The molecule has 0 atom stereocenters. The number of hydrogen-bond acceptors (Lipinski definition) is 4. The number of hydrogen-bond donors (Lipinski definition) is 1. The monoisotopic (exact) mass is 332 g/mol. The van der Waals surface area contributed by atoms with Gasteiger partial charge in [0.15, 0.2) is 0 Å². The van der Waals surface area contributed by atoms with Crippen LogP contribution in [0.3, 0.4) is 0 Å². The number of nitrogens with zero attached hydrogens (tertiary/aromatic N) is 1. The van der Waals surface area contributed by atoms with Crippen LogP contribution < -0.4 is 14.9 Å². The number of hydrazone groups is 1. The van der Waals surface area contributed by atoms with E-state index in [1.54, 1.807) is 6.21 Å². The third-order valence-corrected chi connectivity index (χ3v) is 3.49. The van der Waals surface area contributed by atoms with Crippen molar-refractivity contribution in [3.05, 3.63) is 58.6 Å². The zero-order chi connectivity index (χ0) is 16.5. The van der Waals surface area contributed by atoms with E-state index >= 15 is 0 Å². The van der Waals surface area contributed by atoms with Gasteiger partial charge in [-0.05, 0) is 37.6 Å². The molecule has 2 aromatic carbocycles. The van der Waals surface area contributed by atoms with Gasteiger partial charge in [0.1, 0.15) is 11.5 Å². The lowest BCUT2D eigenvalue weighted by Crippen LogP contribution is -2.06. The lowest BCUT2D eigenvalue weighted by molar-refractivity contribution is 0.323. The van der Waals surface area contributed by atoms with E-state index in [9.17, 15) is 0 Å². The van der Waals surface area contributed by atoms with E-state index in [0.29, 0.717) is 19.8 Å². The zero-order valence-corrected chi connectivity index (χ0v) is 14.1. The van der Waals surface area contributed by atoms with Gasteiger partial charge in [-0.2, -0.15) is 5.10 Å². The van der Waals surface area contributed by atoms with Crippen LogP contribution in [0, 0.1) is 0 Å². The van der Waals surface area contributed by atoms with E-state index < -0.39 is 0 Å². The normalized spacial score (nSPS) is 10.7. The standard InChI is InChI=1S/C18H21ClN2O2/c1-3-22-16-10-9-15(18(11-16)23-4-2)13-21-20-12-14-7-5-6-8-17(14)19/h5-11,13,20H,3-4,12H2,1-2H3/b21-13-. The second-order valence-corrected chi connectivity index (χ2v) is 5.16. The van der Waals surface area contributed by atoms with Gasteiger partial charge in [0.25, 0.3) is 0 Å². The Kier molecular flexibility index (Phi) is 6.76. The van der Waals surface area contributed by atoms with E-state index in [0.717, 1.165) is 27.6 Å². The minimum atomic E-state index is 0.567. The fraction of sp³-hybridized carbons (Fsp3) is 0.278. The van der Waals surface area contributed by atoms with Crippen molar-refractivity contribution in [2.45, 2.75) is 20.4 Å². The first-order chi connectivity index (χ1) is 11.2. The van der Waals surface area contributed by atoms with Crippen LogP contribution in [0.25, 0.3) is 0 Å². The van der Waals surface area contributed by atoms with Crippen LogP contribution >= 0.6 is 11.6 Å². The van der Waals surface area contributed by atoms with Crippen LogP contribution in [0.4, 0.5) is 0 Å². The molecule has 0 aliphatic heterocycles. The quantitative estimate of drug-likeness (QED) is 0.580. The molecule has 0 unspecified atom stereocenters. The van der Waals surface area contributed by atoms with Crippen LogP contribution in [0.2, 0.25) is 5.02 Å². The molecule has 0 aliphatic carbocycles. The Labute approximate surface area is 142 Å². The smallest absolute Gasteiger partial charge is 0.131 e. The Balaban J connectivity index is 2.02. The molecule has 0 heterocycles. The summed E-state index contributed by atoms with van der Waals surface area (Å²) in [4.78, 5) is 0. The fourth-order valence-corrected chi connectivity index (χ4v) is 2.25. The van der Waals surface area contributed by atoms with Crippen LogP contribution in [-0.2, 0) is 6.54 Å². The number of rotatable bonds is 8. The van der Waals surface area contributed by atoms with Gasteiger partial charge in [-0.1, -0.05) is 29.8 Å². The number of halogens is 1. The van der Waals surface area contributed by atoms with Crippen LogP contribution in [0.5, 0.6) is 11.5 Å². The molecule has 0 saturated heterocycles. The lowest BCUT2D eigenvalue weighted by Gasteiger charge is -2.10. The maximum atomic E-state index is 6.11. The molecule has 122 valence electrons. The molecule has 5 heteroatoms. The average Bonchev–Trinajstić information content (AvgIpc) is 2.55. The van der Waals surface area contributed by atoms with Crippen molar-refractivity contribution in [3.63, 3.8) is 0 Å². The molecule has 0 aliphatic rings. The molecule has 1 N–H and O–H groups in total. The summed E-state index contributed by atoms with van der Waals surface area (Å²) in [5.74, 6) is 1.54. The van der Waals surface area contributed by atoms with Crippen LogP contribution in [0.1, 0.15) is 25.0 Å². The van der Waals surface area contributed by atoms with Crippen molar-refractivity contribution in [3.8, 4) is 11.5 Å². The molecule has 0 spiro atoms. The lowest BCUT2D eigenvalue weighted by atomic mass is 10.2. The first kappa shape index (κ1) is 17.2. The molecular weight excluding hydrogens is 312 g/mol. The maximum Gasteiger partial charge on any atom is 0.131 e. The van der Waals surface area contributed by atoms with E-state index in [2.05, 4.69) is 10.5 Å². The minimum absolute atomic E-state index is 0.567. The summed E-state index contributed by atoms with van der Waals surface area (Å²) in [6.45, 7) is 5.68. The predicted octanol–water partition coefficient (Wildman–Crippen LogP) is 4.26. The van der Waals surface area contributed by atoms with Crippen LogP contribution in [-0.4, -0.2) is 19.4 Å². The summed E-state index contributed by atoms with van der Waals surface area (Å²) in [7, 11) is 0. The summed E-state index contributed by atoms with van der Waals surface area (Å²) in [6.07, 6.45) is 1.73. The van der Waals surface area contributed by atoms with Crippen molar-refractivity contribution in [2.75, 3.05) is 13.2 Å². The maximum absolute atomic E-state index is 6.11. The van der Waals surface area contributed by atoms with Gasteiger partial charge >= 0.3 is 0 Å². The third kappa shape index (κ3) is 5.18. The number of ether oxygens (including phenoxy) is 2. The fourth-order valence-electron chi connectivity index (χ4n) is 2.05. The number of benzene rings is 2. The molecule has 4 nitrogen and oxygen atoms in total. The first-order valence-electron chi connectivity index (χ1n) is 7.63. The van der Waals surface area contributed by atoms with Gasteiger partial charge in [0.05, 0.1) is 26.0 Å². The molecule has 23 heavy (non-hydrogen) atoms. The molecule has 0 bridgehead atoms. The SMILES string of the molecule is CCOc1ccc(/C=N\NCc2ccccc2Cl)c(OCC)c1. The Morgan fingerprint density at radius 2 is 1.87 bits per heavy atom. The second-order valence-electron chi connectivity index (χ2n) is 4.75. The minimum Gasteiger partial charge on any atom is -0.494 e. The van der Waals surface area contributed by atoms with Gasteiger partial charge < -0.3 is 14.9 Å². The molecule has 0 fully saturated rings. The molecule has 2 rings (SSSR count).